The van der Waals surface area contributed by atoms with Crippen LogP contribution >= 0.6 is 0 Å². The number of benzene rings is 2. The molecule has 2 aromatic rings. The summed E-state index contributed by atoms with van der Waals surface area (Å²) in [7, 11) is 3.20. The Morgan fingerprint density at radius 3 is 2.38 bits per heavy atom. The van der Waals surface area contributed by atoms with E-state index >= 15 is 0 Å². The van der Waals surface area contributed by atoms with Gasteiger partial charge < -0.3 is 30.1 Å². The molecule has 6 nitrogen and oxygen atoms in total. The van der Waals surface area contributed by atoms with Crippen LogP contribution in [0.5, 0.6) is 23.0 Å². The summed E-state index contributed by atoms with van der Waals surface area (Å²) in [6.07, 6.45) is 0.00960. The number of phenols is 2. The molecule has 0 heterocycles. The van der Waals surface area contributed by atoms with Crippen LogP contribution in [0.3, 0.4) is 0 Å². The fourth-order valence-corrected chi connectivity index (χ4v) is 2.37. The number of aromatic hydroxyl groups is 2. The number of methoxy groups -OCH3 is 2. The van der Waals surface area contributed by atoms with Gasteiger partial charge in [-0.2, -0.15) is 0 Å². The third-order valence-electron chi connectivity index (χ3n) is 3.76. The monoisotopic (exact) mass is 333 g/mol. The Kier molecular flexibility index (Phi) is 6.28. The summed E-state index contributed by atoms with van der Waals surface area (Å²) >= 11 is 0. The lowest BCUT2D eigenvalue weighted by Crippen LogP contribution is -2.23. The van der Waals surface area contributed by atoms with Crippen molar-refractivity contribution in [2.75, 3.05) is 27.3 Å². The highest BCUT2D eigenvalue weighted by Crippen LogP contribution is 2.28. The maximum atomic E-state index is 10.1. The Morgan fingerprint density at radius 1 is 0.958 bits per heavy atom. The Morgan fingerprint density at radius 2 is 1.71 bits per heavy atom. The van der Waals surface area contributed by atoms with Gasteiger partial charge in [-0.25, -0.2) is 0 Å². The molecule has 0 saturated heterocycles. The van der Waals surface area contributed by atoms with Crippen molar-refractivity contribution in [1.29, 1.82) is 0 Å². The van der Waals surface area contributed by atoms with Crippen LogP contribution in [0.15, 0.2) is 36.4 Å². The number of ether oxygens (including phenoxy) is 2. The van der Waals surface area contributed by atoms with E-state index < -0.39 is 6.10 Å². The van der Waals surface area contributed by atoms with Crippen LogP contribution in [0.2, 0.25) is 0 Å². The molecule has 1 unspecified atom stereocenters. The van der Waals surface area contributed by atoms with Crippen LogP contribution < -0.4 is 14.8 Å². The van der Waals surface area contributed by atoms with Gasteiger partial charge in [0.1, 0.15) is 0 Å². The molecule has 2 rings (SSSR count). The molecule has 4 N–H and O–H groups in total. The van der Waals surface area contributed by atoms with Crippen molar-refractivity contribution in [2.45, 2.75) is 12.5 Å². The highest BCUT2D eigenvalue weighted by Gasteiger charge is 2.10. The van der Waals surface area contributed by atoms with Crippen molar-refractivity contribution in [3.05, 3.63) is 47.5 Å². The van der Waals surface area contributed by atoms with E-state index in [4.69, 9.17) is 9.47 Å². The molecule has 0 radical (unpaired) electrons. The first-order valence-corrected chi connectivity index (χ1v) is 7.66. The van der Waals surface area contributed by atoms with Gasteiger partial charge in [0, 0.05) is 6.54 Å². The van der Waals surface area contributed by atoms with E-state index in [0.29, 0.717) is 30.2 Å². The normalized spacial score (nSPS) is 12.0. The lowest BCUT2D eigenvalue weighted by Gasteiger charge is -2.13. The molecular formula is C18H23NO5. The molecule has 130 valence electrons. The lowest BCUT2D eigenvalue weighted by atomic mass is 10.1. The van der Waals surface area contributed by atoms with Crippen molar-refractivity contribution in [3.63, 3.8) is 0 Å². The minimum absolute atomic E-state index is 0.202. The zero-order valence-electron chi connectivity index (χ0n) is 13.8. The van der Waals surface area contributed by atoms with E-state index in [2.05, 4.69) is 5.32 Å². The van der Waals surface area contributed by atoms with Gasteiger partial charge in [-0.3, -0.25) is 0 Å². The maximum Gasteiger partial charge on any atom is 0.160 e. The van der Waals surface area contributed by atoms with Crippen molar-refractivity contribution in [3.8, 4) is 23.0 Å². The highest BCUT2D eigenvalue weighted by atomic mass is 16.5. The van der Waals surface area contributed by atoms with Crippen molar-refractivity contribution >= 4 is 0 Å². The van der Waals surface area contributed by atoms with Gasteiger partial charge in [0.15, 0.2) is 23.0 Å². The number of hydrogen-bond donors (Lipinski definition) is 4. The Hall–Kier alpha value is -2.44. The predicted molar refractivity (Wildman–Crippen MR) is 90.9 cm³/mol. The van der Waals surface area contributed by atoms with Crippen LogP contribution in [0.25, 0.3) is 0 Å². The van der Waals surface area contributed by atoms with Gasteiger partial charge in [0.05, 0.1) is 20.3 Å². The zero-order valence-corrected chi connectivity index (χ0v) is 13.8. The average Bonchev–Trinajstić information content (AvgIpc) is 2.60. The molecule has 0 fully saturated rings. The number of aliphatic hydroxyl groups is 1. The molecule has 0 saturated carbocycles. The zero-order chi connectivity index (χ0) is 17.5. The Balaban J connectivity index is 1.83. The minimum atomic E-state index is -0.762. The second kappa shape index (κ2) is 8.42. The standard InChI is InChI=1S/C18H23NO5/c1-23-17-6-3-12(9-18(17)24-2)7-8-19-11-16(22)13-4-5-14(20)15(21)10-13/h3-6,9-10,16,19-22H,7-8,11H2,1-2H3. The smallest absolute Gasteiger partial charge is 0.160 e. The summed E-state index contributed by atoms with van der Waals surface area (Å²) in [5.41, 5.74) is 1.64. The summed E-state index contributed by atoms with van der Waals surface area (Å²) in [6, 6.07) is 10.1. The molecule has 6 heteroatoms. The van der Waals surface area contributed by atoms with E-state index in [0.717, 1.165) is 12.0 Å². The highest BCUT2D eigenvalue weighted by molar-refractivity contribution is 5.43. The number of hydrogen-bond acceptors (Lipinski definition) is 6. The van der Waals surface area contributed by atoms with E-state index in [1.165, 1.54) is 12.1 Å². The van der Waals surface area contributed by atoms with Gasteiger partial charge in [0.2, 0.25) is 0 Å². The molecule has 0 aliphatic carbocycles. The largest absolute Gasteiger partial charge is 0.504 e. The van der Waals surface area contributed by atoms with Crippen molar-refractivity contribution in [1.82, 2.24) is 5.32 Å². The van der Waals surface area contributed by atoms with Crippen LogP contribution in [0, 0.1) is 0 Å². The van der Waals surface area contributed by atoms with Crippen LogP contribution in [0.4, 0.5) is 0 Å². The SMILES string of the molecule is COc1ccc(CCNCC(O)c2ccc(O)c(O)c2)cc1OC. The number of nitrogens with one attached hydrogen (secondary N) is 1. The second-order valence-electron chi connectivity index (χ2n) is 5.41. The molecule has 0 amide bonds. The first-order valence-electron chi connectivity index (χ1n) is 7.66. The van der Waals surface area contributed by atoms with E-state index in [1.807, 2.05) is 18.2 Å². The third kappa shape index (κ3) is 4.53. The molecule has 24 heavy (non-hydrogen) atoms. The van der Waals surface area contributed by atoms with Crippen LogP contribution in [0.1, 0.15) is 17.2 Å². The second-order valence-corrected chi connectivity index (χ2v) is 5.41. The molecule has 2 aromatic carbocycles. The number of rotatable bonds is 8. The van der Waals surface area contributed by atoms with Gasteiger partial charge in [0.25, 0.3) is 0 Å². The van der Waals surface area contributed by atoms with Gasteiger partial charge in [-0.1, -0.05) is 12.1 Å². The quantitative estimate of drug-likeness (QED) is 0.436. The van der Waals surface area contributed by atoms with E-state index in [1.54, 1.807) is 20.3 Å². The van der Waals surface area contributed by atoms with Gasteiger partial charge >= 0.3 is 0 Å². The molecule has 0 aromatic heterocycles. The van der Waals surface area contributed by atoms with Crippen LogP contribution in [-0.2, 0) is 6.42 Å². The summed E-state index contributed by atoms with van der Waals surface area (Å²) < 4.78 is 10.5. The molecule has 0 bridgehead atoms. The summed E-state index contributed by atoms with van der Waals surface area (Å²) in [4.78, 5) is 0. The minimum Gasteiger partial charge on any atom is -0.504 e. The fourth-order valence-electron chi connectivity index (χ4n) is 2.37. The molecule has 0 aliphatic rings. The van der Waals surface area contributed by atoms with E-state index in [-0.39, 0.29) is 11.5 Å². The average molecular weight is 333 g/mol. The predicted octanol–water partition coefficient (Wildman–Crippen LogP) is 1.98. The number of aliphatic hydroxyl groups excluding tert-OH is 1. The fraction of sp³-hybridized carbons (Fsp3) is 0.333. The first kappa shape index (κ1) is 17.9. The third-order valence-corrected chi connectivity index (χ3v) is 3.76. The van der Waals surface area contributed by atoms with Gasteiger partial charge in [-0.05, 0) is 48.4 Å². The Labute approximate surface area is 141 Å². The maximum absolute atomic E-state index is 10.1. The van der Waals surface area contributed by atoms with Crippen LogP contribution in [-0.4, -0.2) is 42.6 Å². The molecule has 0 spiro atoms. The topological polar surface area (TPSA) is 91.2 Å². The molecule has 1 atom stereocenters. The van der Waals surface area contributed by atoms with Gasteiger partial charge in [-0.15, -0.1) is 0 Å². The van der Waals surface area contributed by atoms with Crippen molar-refractivity contribution < 1.29 is 24.8 Å². The summed E-state index contributed by atoms with van der Waals surface area (Å²) in [6.45, 7) is 1.02. The summed E-state index contributed by atoms with van der Waals surface area (Å²) in [5.74, 6) is 0.940. The Bertz CT molecular complexity index is 674. The first-order chi connectivity index (χ1) is 11.5. The molecule has 0 aliphatic heterocycles. The number of phenolic OH excluding ortho intramolecular Hbond substituents is 2. The molecular weight excluding hydrogens is 310 g/mol. The summed E-state index contributed by atoms with van der Waals surface area (Å²) in [5, 5.41) is 32.0. The lowest BCUT2D eigenvalue weighted by molar-refractivity contribution is 0.174. The van der Waals surface area contributed by atoms with Crippen molar-refractivity contribution in [2.24, 2.45) is 0 Å². The van der Waals surface area contributed by atoms with E-state index in [9.17, 15) is 15.3 Å².